The van der Waals surface area contributed by atoms with Gasteiger partial charge in [0.25, 0.3) is 0 Å². The lowest BCUT2D eigenvalue weighted by atomic mass is 9.79. The fourth-order valence-electron chi connectivity index (χ4n) is 2.76. The minimum absolute atomic E-state index is 0.636. The molecule has 1 fully saturated rings. The highest BCUT2D eigenvalue weighted by Gasteiger charge is 2.24. The third-order valence-electron chi connectivity index (χ3n) is 4.20. The molecule has 0 heterocycles. The van der Waals surface area contributed by atoms with E-state index in [1.165, 1.54) is 29.8 Å². The molecule has 1 aromatic rings. The van der Waals surface area contributed by atoms with Crippen LogP contribution in [0.1, 0.15) is 33.1 Å². The highest BCUT2D eigenvalue weighted by atomic mass is 32.2. The molecule has 0 amide bonds. The van der Waals surface area contributed by atoms with Gasteiger partial charge in [0.1, 0.15) is 0 Å². The Morgan fingerprint density at radius 3 is 2.79 bits per heavy atom. The molecule has 104 valence electrons. The Labute approximate surface area is 121 Å². The van der Waals surface area contributed by atoms with Crippen LogP contribution in [0.25, 0.3) is 0 Å². The van der Waals surface area contributed by atoms with E-state index in [1.54, 1.807) is 0 Å². The quantitative estimate of drug-likeness (QED) is 0.585. The number of hydrogen-bond acceptors (Lipinski definition) is 2. The second-order valence-electron chi connectivity index (χ2n) is 5.70. The van der Waals surface area contributed by atoms with E-state index in [0.29, 0.717) is 6.04 Å². The normalized spacial score (nSPS) is 26.9. The first kappa shape index (κ1) is 14.5. The van der Waals surface area contributed by atoms with Gasteiger partial charge in [0.2, 0.25) is 0 Å². The van der Waals surface area contributed by atoms with Crippen molar-refractivity contribution in [2.75, 3.05) is 11.1 Å². The van der Waals surface area contributed by atoms with Crippen LogP contribution in [0.4, 0.5) is 5.69 Å². The predicted molar refractivity (Wildman–Crippen MR) is 87.0 cm³/mol. The van der Waals surface area contributed by atoms with E-state index in [2.05, 4.69) is 50.0 Å². The molecule has 2 rings (SSSR count). The van der Waals surface area contributed by atoms with Crippen molar-refractivity contribution in [3.8, 4) is 0 Å². The van der Waals surface area contributed by atoms with Crippen molar-refractivity contribution >= 4 is 17.4 Å². The molecule has 1 aliphatic carbocycles. The highest BCUT2D eigenvalue weighted by Crippen LogP contribution is 2.33. The maximum atomic E-state index is 3.80. The number of thioether (sulfide) groups is 1. The third-order valence-corrected chi connectivity index (χ3v) is 5.27. The van der Waals surface area contributed by atoms with Crippen LogP contribution in [0.3, 0.4) is 0 Å². The number of nitrogens with one attached hydrogen (secondary N) is 1. The van der Waals surface area contributed by atoms with E-state index in [0.717, 1.165) is 17.6 Å². The van der Waals surface area contributed by atoms with Crippen LogP contribution in [-0.4, -0.2) is 11.8 Å². The van der Waals surface area contributed by atoms with Crippen molar-refractivity contribution < 1.29 is 0 Å². The highest BCUT2D eigenvalue weighted by molar-refractivity contribution is 7.99. The van der Waals surface area contributed by atoms with Crippen molar-refractivity contribution in [1.29, 1.82) is 0 Å². The summed E-state index contributed by atoms with van der Waals surface area (Å²) in [5.41, 5.74) is 1.29. The molecule has 1 saturated carbocycles. The van der Waals surface area contributed by atoms with Gasteiger partial charge in [-0.15, -0.1) is 18.3 Å². The molecular weight excluding hydrogens is 250 g/mol. The molecule has 0 radical (unpaired) electrons. The average Bonchev–Trinajstić information content (AvgIpc) is 2.42. The van der Waals surface area contributed by atoms with Gasteiger partial charge in [-0.3, -0.25) is 0 Å². The third kappa shape index (κ3) is 4.04. The zero-order valence-electron chi connectivity index (χ0n) is 12.1. The number of benzene rings is 1. The first-order valence-electron chi connectivity index (χ1n) is 7.30. The van der Waals surface area contributed by atoms with Crippen molar-refractivity contribution in [1.82, 2.24) is 0 Å². The summed E-state index contributed by atoms with van der Waals surface area (Å²) in [4.78, 5) is 1.34. The molecule has 2 heteroatoms. The molecule has 1 aromatic carbocycles. The van der Waals surface area contributed by atoms with E-state index in [4.69, 9.17) is 0 Å². The summed E-state index contributed by atoms with van der Waals surface area (Å²) in [5.74, 6) is 2.68. The topological polar surface area (TPSA) is 12.0 Å². The van der Waals surface area contributed by atoms with Crippen molar-refractivity contribution in [3.63, 3.8) is 0 Å². The molecule has 1 aliphatic rings. The van der Waals surface area contributed by atoms with E-state index in [-0.39, 0.29) is 0 Å². The fourth-order valence-corrected chi connectivity index (χ4v) is 3.51. The number of hydrogen-bond donors (Lipinski definition) is 1. The Kier molecular flexibility index (Phi) is 5.38. The van der Waals surface area contributed by atoms with Crippen LogP contribution >= 0.6 is 11.8 Å². The predicted octanol–water partition coefficient (Wildman–Crippen LogP) is 5.20. The molecule has 19 heavy (non-hydrogen) atoms. The molecule has 0 aromatic heterocycles. The van der Waals surface area contributed by atoms with Crippen molar-refractivity contribution in [2.45, 2.75) is 44.0 Å². The van der Waals surface area contributed by atoms with E-state index < -0.39 is 0 Å². The Hall–Kier alpha value is -0.890. The second-order valence-corrected chi connectivity index (χ2v) is 6.77. The Morgan fingerprint density at radius 1 is 1.26 bits per heavy atom. The van der Waals surface area contributed by atoms with Gasteiger partial charge in [-0.25, -0.2) is 0 Å². The van der Waals surface area contributed by atoms with Crippen LogP contribution in [-0.2, 0) is 0 Å². The van der Waals surface area contributed by atoms with Crippen molar-refractivity contribution in [3.05, 3.63) is 36.9 Å². The van der Waals surface area contributed by atoms with Crippen LogP contribution in [0.5, 0.6) is 0 Å². The number of anilines is 1. The van der Waals surface area contributed by atoms with Crippen LogP contribution in [0.2, 0.25) is 0 Å². The minimum atomic E-state index is 0.636. The Bertz CT molecular complexity index is 415. The first-order chi connectivity index (χ1) is 9.20. The molecule has 0 saturated heterocycles. The second kappa shape index (κ2) is 7.04. The molecule has 0 aliphatic heterocycles. The monoisotopic (exact) mass is 275 g/mol. The Morgan fingerprint density at radius 2 is 2.05 bits per heavy atom. The fraction of sp³-hybridized carbons (Fsp3) is 0.529. The van der Waals surface area contributed by atoms with Gasteiger partial charge < -0.3 is 5.32 Å². The molecule has 3 unspecified atom stereocenters. The maximum absolute atomic E-state index is 3.80. The maximum Gasteiger partial charge on any atom is 0.0480 e. The Balaban J connectivity index is 2.00. The molecular formula is C17H25NS. The number of rotatable bonds is 5. The molecule has 0 bridgehead atoms. The van der Waals surface area contributed by atoms with E-state index in [9.17, 15) is 0 Å². The van der Waals surface area contributed by atoms with E-state index in [1.807, 2.05) is 17.8 Å². The van der Waals surface area contributed by atoms with Crippen molar-refractivity contribution in [2.24, 2.45) is 11.8 Å². The summed E-state index contributed by atoms with van der Waals surface area (Å²) < 4.78 is 0. The van der Waals surface area contributed by atoms with Gasteiger partial charge in [-0.05, 0) is 43.2 Å². The molecule has 0 spiro atoms. The summed E-state index contributed by atoms with van der Waals surface area (Å²) in [7, 11) is 0. The summed E-state index contributed by atoms with van der Waals surface area (Å²) >= 11 is 1.86. The zero-order valence-corrected chi connectivity index (χ0v) is 12.9. The first-order valence-corrected chi connectivity index (χ1v) is 8.28. The van der Waals surface area contributed by atoms with E-state index >= 15 is 0 Å². The number of para-hydroxylation sites is 1. The standard InChI is InChI=1S/C17H25NS/c1-4-11-19-17-8-6-5-7-16(17)18-15-10-9-13(2)14(3)12-15/h4-8,13-15,18H,1,9-12H2,2-3H3. The lowest BCUT2D eigenvalue weighted by Gasteiger charge is -2.33. The van der Waals surface area contributed by atoms with Gasteiger partial charge in [0.15, 0.2) is 0 Å². The molecule has 1 N–H and O–H groups in total. The smallest absolute Gasteiger partial charge is 0.0480 e. The van der Waals surface area contributed by atoms with Crippen LogP contribution < -0.4 is 5.32 Å². The molecule has 3 atom stereocenters. The average molecular weight is 275 g/mol. The largest absolute Gasteiger partial charge is 0.381 e. The SMILES string of the molecule is C=CCSc1ccccc1NC1CCC(C)C(C)C1. The lowest BCUT2D eigenvalue weighted by Crippen LogP contribution is -2.30. The van der Waals surface area contributed by atoms with Crippen LogP contribution in [0, 0.1) is 11.8 Å². The summed E-state index contributed by atoms with van der Waals surface area (Å²) in [6, 6.07) is 9.27. The van der Waals surface area contributed by atoms with Gasteiger partial charge in [0.05, 0.1) is 0 Å². The van der Waals surface area contributed by atoms with Crippen LogP contribution in [0.15, 0.2) is 41.8 Å². The van der Waals surface area contributed by atoms with Gasteiger partial charge in [-0.1, -0.05) is 32.1 Å². The summed E-state index contributed by atoms with van der Waals surface area (Å²) in [6.45, 7) is 8.57. The lowest BCUT2D eigenvalue weighted by molar-refractivity contribution is 0.260. The summed E-state index contributed by atoms with van der Waals surface area (Å²) in [6.07, 6.45) is 5.90. The van der Waals surface area contributed by atoms with Gasteiger partial charge in [0, 0.05) is 22.4 Å². The minimum Gasteiger partial charge on any atom is -0.381 e. The van der Waals surface area contributed by atoms with Gasteiger partial charge >= 0.3 is 0 Å². The van der Waals surface area contributed by atoms with Gasteiger partial charge in [-0.2, -0.15) is 0 Å². The molecule has 1 nitrogen and oxygen atoms in total. The zero-order chi connectivity index (χ0) is 13.7. The summed E-state index contributed by atoms with van der Waals surface area (Å²) in [5, 5.41) is 3.75.